The smallest absolute Gasteiger partial charge is 0.239 e. The second-order valence-corrected chi connectivity index (χ2v) is 3.69. The highest BCUT2D eigenvalue weighted by atomic mass is 35.5. The minimum atomic E-state index is -0.599. The summed E-state index contributed by atoms with van der Waals surface area (Å²) in [7, 11) is 0. The van der Waals surface area contributed by atoms with Crippen LogP contribution in [-0.2, 0) is 9.59 Å². The molecule has 0 aromatic carbocycles. The Kier molecular flexibility index (Phi) is 7.20. The maximum atomic E-state index is 11.1. The van der Waals surface area contributed by atoms with Crippen LogP contribution in [0.3, 0.4) is 0 Å². The molecule has 0 aliphatic heterocycles. The number of alkyl halides is 1. The summed E-state index contributed by atoms with van der Waals surface area (Å²) >= 11 is 5.49. The fourth-order valence-corrected chi connectivity index (χ4v) is 0.852. The van der Waals surface area contributed by atoms with Crippen molar-refractivity contribution in [3.8, 4) is 0 Å². The lowest BCUT2D eigenvalue weighted by atomic mass is 10.3. The molecule has 2 N–H and O–H groups in total. The number of carbonyl (C=O) groups excluding carboxylic acids is 2. The first-order valence-electron chi connectivity index (χ1n) is 4.76. The standard InChI is InChI=1S/C9H17ClN2O2/c1-3-4-5-11-8(13)6-12-9(14)7(2)10/h7H,3-6H2,1-2H3,(H,11,13)(H,12,14). The first-order chi connectivity index (χ1) is 6.57. The SMILES string of the molecule is CCCCNC(=O)CNC(=O)C(C)Cl. The van der Waals surface area contributed by atoms with Gasteiger partial charge in [-0.15, -0.1) is 11.6 Å². The highest BCUT2D eigenvalue weighted by Crippen LogP contribution is 1.91. The average molecular weight is 221 g/mol. The van der Waals surface area contributed by atoms with E-state index in [-0.39, 0.29) is 18.4 Å². The predicted molar refractivity (Wildman–Crippen MR) is 56.2 cm³/mol. The number of hydrogen-bond donors (Lipinski definition) is 2. The average Bonchev–Trinajstić information content (AvgIpc) is 2.14. The second kappa shape index (κ2) is 7.62. The molecular formula is C9H17ClN2O2. The molecule has 0 radical (unpaired) electrons. The van der Waals surface area contributed by atoms with Gasteiger partial charge in [-0.05, 0) is 13.3 Å². The summed E-state index contributed by atoms with van der Waals surface area (Å²) in [6, 6.07) is 0. The zero-order valence-electron chi connectivity index (χ0n) is 8.60. The Hall–Kier alpha value is -0.770. The molecule has 4 nitrogen and oxygen atoms in total. The largest absolute Gasteiger partial charge is 0.355 e. The van der Waals surface area contributed by atoms with Crippen molar-refractivity contribution in [3.05, 3.63) is 0 Å². The third-order valence-electron chi connectivity index (χ3n) is 1.64. The maximum absolute atomic E-state index is 11.1. The predicted octanol–water partition coefficient (Wildman–Crippen LogP) is 0.646. The molecule has 0 spiro atoms. The van der Waals surface area contributed by atoms with Crippen LogP contribution < -0.4 is 10.6 Å². The van der Waals surface area contributed by atoms with Gasteiger partial charge in [0.15, 0.2) is 0 Å². The van der Waals surface area contributed by atoms with Crippen molar-refractivity contribution in [1.82, 2.24) is 10.6 Å². The van der Waals surface area contributed by atoms with Crippen LogP contribution in [0.4, 0.5) is 0 Å². The van der Waals surface area contributed by atoms with E-state index in [0.717, 1.165) is 12.8 Å². The number of rotatable bonds is 6. The van der Waals surface area contributed by atoms with Gasteiger partial charge in [-0.25, -0.2) is 0 Å². The van der Waals surface area contributed by atoms with Crippen molar-refractivity contribution in [3.63, 3.8) is 0 Å². The topological polar surface area (TPSA) is 58.2 Å². The molecule has 0 aliphatic carbocycles. The minimum absolute atomic E-state index is 0.000389. The maximum Gasteiger partial charge on any atom is 0.239 e. The van der Waals surface area contributed by atoms with Gasteiger partial charge in [0.05, 0.1) is 6.54 Å². The normalized spacial score (nSPS) is 11.9. The number of hydrogen-bond acceptors (Lipinski definition) is 2. The number of unbranched alkanes of at least 4 members (excludes halogenated alkanes) is 1. The zero-order chi connectivity index (χ0) is 11.0. The fourth-order valence-electron chi connectivity index (χ4n) is 0.775. The van der Waals surface area contributed by atoms with Crippen LogP contribution >= 0.6 is 11.6 Å². The van der Waals surface area contributed by atoms with Gasteiger partial charge in [-0.3, -0.25) is 9.59 Å². The Labute approximate surface area is 89.4 Å². The van der Waals surface area contributed by atoms with E-state index in [1.54, 1.807) is 6.92 Å². The highest BCUT2D eigenvalue weighted by molar-refractivity contribution is 6.30. The molecule has 0 rings (SSSR count). The summed E-state index contributed by atoms with van der Waals surface area (Å²) in [5.41, 5.74) is 0. The van der Waals surface area contributed by atoms with E-state index in [4.69, 9.17) is 11.6 Å². The van der Waals surface area contributed by atoms with Crippen LogP contribution in [0, 0.1) is 0 Å². The Morgan fingerprint density at radius 2 is 2.00 bits per heavy atom. The minimum Gasteiger partial charge on any atom is -0.355 e. The van der Waals surface area contributed by atoms with E-state index in [2.05, 4.69) is 10.6 Å². The van der Waals surface area contributed by atoms with E-state index in [9.17, 15) is 9.59 Å². The van der Waals surface area contributed by atoms with Gasteiger partial charge >= 0.3 is 0 Å². The van der Waals surface area contributed by atoms with Crippen LogP contribution in [0.15, 0.2) is 0 Å². The molecule has 0 saturated heterocycles. The molecule has 0 aromatic rings. The van der Waals surface area contributed by atoms with Crippen LogP contribution in [0.5, 0.6) is 0 Å². The van der Waals surface area contributed by atoms with Gasteiger partial charge < -0.3 is 10.6 Å². The van der Waals surface area contributed by atoms with Crippen molar-refractivity contribution < 1.29 is 9.59 Å². The van der Waals surface area contributed by atoms with Crippen molar-refractivity contribution in [2.24, 2.45) is 0 Å². The van der Waals surface area contributed by atoms with E-state index in [1.807, 2.05) is 6.92 Å². The van der Waals surface area contributed by atoms with E-state index in [1.165, 1.54) is 0 Å². The molecule has 0 fully saturated rings. The molecule has 14 heavy (non-hydrogen) atoms. The first kappa shape index (κ1) is 13.2. The van der Waals surface area contributed by atoms with Crippen molar-refractivity contribution in [2.45, 2.75) is 32.1 Å². The summed E-state index contributed by atoms with van der Waals surface area (Å²) in [5, 5.41) is 4.51. The monoisotopic (exact) mass is 220 g/mol. The van der Waals surface area contributed by atoms with Gasteiger partial charge in [0, 0.05) is 6.54 Å². The molecular weight excluding hydrogens is 204 g/mol. The second-order valence-electron chi connectivity index (χ2n) is 3.04. The van der Waals surface area contributed by atoms with Crippen LogP contribution in [-0.4, -0.2) is 30.3 Å². The summed E-state index contributed by atoms with van der Waals surface area (Å²) in [5.74, 6) is -0.499. The lowest BCUT2D eigenvalue weighted by Gasteiger charge is -2.06. The number of nitrogens with one attached hydrogen (secondary N) is 2. The molecule has 0 aliphatic rings. The molecule has 2 amide bonds. The summed E-state index contributed by atoms with van der Waals surface area (Å²) in [6.07, 6.45) is 1.98. The quantitative estimate of drug-likeness (QED) is 0.510. The first-order valence-corrected chi connectivity index (χ1v) is 5.20. The number of carbonyl (C=O) groups is 2. The molecule has 0 aromatic heterocycles. The van der Waals surface area contributed by atoms with Crippen molar-refractivity contribution in [1.29, 1.82) is 0 Å². The molecule has 0 bridgehead atoms. The van der Waals surface area contributed by atoms with Gasteiger partial charge in [-0.2, -0.15) is 0 Å². The summed E-state index contributed by atoms with van der Waals surface area (Å²) < 4.78 is 0. The van der Waals surface area contributed by atoms with E-state index >= 15 is 0 Å². The Morgan fingerprint density at radius 1 is 1.36 bits per heavy atom. The number of halogens is 1. The van der Waals surface area contributed by atoms with Crippen LogP contribution in [0.25, 0.3) is 0 Å². The van der Waals surface area contributed by atoms with Crippen molar-refractivity contribution >= 4 is 23.4 Å². The number of amides is 2. The van der Waals surface area contributed by atoms with Crippen LogP contribution in [0.1, 0.15) is 26.7 Å². The van der Waals surface area contributed by atoms with Gasteiger partial charge in [0.1, 0.15) is 5.38 Å². The Morgan fingerprint density at radius 3 is 2.50 bits per heavy atom. The van der Waals surface area contributed by atoms with Crippen LogP contribution in [0.2, 0.25) is 0 Å². The Bertz CT molecular complexity index is 195. The summed E-state index contributed by atoms with van der Waals surface area (Å²) in [4.78, 5) is 22.0. The molecule has 5 heteroatoms. The molecule has 1 unspecified atom stereocenters. The molecule has 0 heterocycles. The van der Waals surface area contributed by atoms with E-state index in [0.29, 0.717) is 6.54 Å². The fraction of sp³-hybridized carbons (Fsp3) is 0.778. The lowest BCUT2D eigenvalue weighted by molar-refractivity contribution is -0.125. The zero-order valence-corrected chi connectivity index (χ0v) is 9.36. The highest BCUT2D eigenvalue weighted by Gasteiger charge is 2.09. The molecule has 82 valence electrons. The van der Waals surface area contributed by atoms with Crippen molar-refractivity contribution in [2.75, 3.05) is 13.1 Å². The Balaban J connectivity index is 3.49. The molecule has 1 atom stereocenters. The third kappa shape index (κ3) is 6.71. The summed E-state index contributed by atoms with van der Waals surface area (Å²) in [6.45, 7) is 4.26. The lowest BCUT2D eigenvalue weighted by Crippen LogP contribution is -2.39. The third-order valence-corrected chi connectivity index (χ3v) is 1.84. The van der Waals surface area contributed by atoms with Gasteiger partial charge in [0.25, 0.3) is 0 Å². The van der Waals surface area contributed by atoms with Gasteiger partial charge in [0.2, 0.25) is 11.8 Å². The molecule has 0 saturated carbocycles. The van der Waals surface area contributed by atoms with Gasteiger partial charge in [-0.1, -0.05) is 13.3 Å². The van der Waals surface area contributed by atoms with E-state index < -0.39 is 5.38 Å².